The van der Waals surface area contributed by atoms with Crippen LogP contribution in [-0.2, 0) is 10.0 Å². The van der Waals surface area contributed by atoms with Gasteiger partial charge in [0.05, 0.1) is 10.8 Å². The van der Waals surface area contributed by atoms with Gasteiger partial charge in [0.1, 0.15) is 5.82 Å². The van der Waals surface area contributed by atoms with Crippen LogP contribution in [-0.4, -0.2) is 62.1 Å². The average molecular weight is 338 g/mol. The SMILES string of the molecule is CNC(=O)c1cccnc1N1CCCN(S(=O)(=O)C2CC2)CC1. The van der Waals surface area contributed by atoms with Gasteiger partial charge in [-0.1, -0.05) is 0 Å². The van der Waals surface area contributed by atoms with Crippen LogP contribution in [0.3, 0.4) is 0 Å². The molecule has 1 N–H and O–H groups in total. The summed E-state index contributed by atoms with van der Waals surface area (Å²) in [7, 11) is -1.55. The number of rotatable bonds is 4. The lowest BCUT2D eigenvalue weighted by Gasteiger charge is -2.24. The molecule has 0 spiro atoms. The predicted octanol–water partition coefficient (Wildman–Crippen LogP) is 0.446. The van der Waals surface area contributed by atoms with Crippen molar-refractivity contribution in [2.75, 3.05) is 38.1 Å². The molecular formula is C15H22N4O3S. The molecule has 0 unspecified atom stereocenters. The fraction of sp³-hybridized carbons (Fsp3) is 0.600. The van der Waals surface area contributed by atoms with Gasteiger partial charge in [-0.2, -0.15) is 4.31 Å². The molecule has 23 heavy (non-hydrogen) atoms. The lowest BCUT2D eigenvalue weighted by molar-refractivity contribution is 0.0963. The highest BCUT2D eigenvalue weighted by Crippen LogP contribution is 2.31. The van der Waals surface area contributed by atoms with Gasteiger partial charge >= 0.3 is 0 Å². The molecule has 0 bridgehead atoms. The first-order valence-electron chi connectivity index (χ1n) is 7.95. The highest BCUT2D eigenvalue weighted by atomic mass is 32.2. The van der Waals surface area contributed by atoms with Crippen LogP contribution < -0.4 is 10.2 Å². The van der Waals surface area contributed by atoms with Crippen LogP contribution in [0.2, 0.25) is 0 Å². The van der Waals surface area contributed by atoms with Gasteiger partial charge in [-0.05, 0) is 31.4 Å². The molecule has 8 heteroatoms. The maximum Gasteiger partial charge on any atom is 0.254 e. The Bertz CT molecular complexity index is 688. The zero-order valence-corrected chi connectivity index (χ0v) is 14.1. The molecule has 1 aliphatic heterocycles. The van der Waals surface area contributed by atoms with E-state index in [1.165, 1.54) is 0 Å². The third kappa shape index (κ3) is 3.32. The lowest BCUT2D eigenvalue weighted by atomic mass is 10.2. The van der Waals surface area contributed by atoms with Crippen LogP contribution in [0.5, 0.6) is 0 Å². The number of hydrogen-bond donors (Lipinski definition) is 1. The fourth-order valence-corrected chi connectivity index (χ4v) is 4.77. The standard InChI is InChI=1S/C15H22N4O3S/c1-16-15(20)13-4-2-7-17-14(13)18-8-3-9-19(11-10-18)23(21,22)12-5-6-12/h2,4,7,12H,3,5-6,8-11H2,1H3,(H,16,20). The maximum absolute atomic E-state index is 12.4. The van der Waals surface area contributed by atoms with E-state index in [4.69, 9.17) is 0 Å². The van der Waals surface area contributed by atoms with Crippen molar-refractivity contribution in [1.82, 2.24) is 14.6 Å². The Labute approximate surface area is 136 Å². The summed E-state index contributed by atoms with van der Waals surface area (Å²) in [6, 6.07) is 3.47. The van der Waals surface area contributed by atoms with Gasteiger partial charge < -0.3 is 10.2 Å². The number of carbonyl (C=O) groups is 1. The Morgan fingerprint density at radius 3 is 2.74 bits per heavy atom. The van der Waals surface area contributed by atoms with Crippen LogP contribution in [0.1, 0.15) is 29.6 Å². The third-order valence-corrected chi connectivity index (χ3v) is 6.72. The third-order valence-electron chi connectivity index (χ3n) is 4.32. The maximum atomic E-state index is 12.4. The quantitative estimate of drug-likeness (QED) is 0.862. The van der Waals surface area contributed by atoms with E-state index >= 15 is 0 Å². The summed E-state index contributed by atoms with van der Waals surface area (Å²) in [5, 5.41) is 2.45. The smallest absolute Gasteiger partial charge is 0.254 e. The first-order valence-corrected chi connectivity index (χ1v) is 9.45. The molecule has 7 nitrogen and oxygen atoms in total. The fourth-order valence-electron chi connectivity index (χ4n) is 2.90. The molecule has 1 aromatic heterocycles. The molecule has 1 saturated heterocycles. The number of anilines is 1. The van der Waals surface area contributed by atoms with Crippen molar-refractivity contribution in [3.05, 3.63) is 23.9 Å². The van der Waals surface area contributed by atoms with Crippen molar-refractivity contribution >= 4 is 21.7 Å². The van der Waals surface area contributed by atoms with Crippen LogP contribution in [0.4, 0.5) is 5.82 Å². The molecule has 1 aliphatic carbocycles. The zero-order valence-electron chi connectivity index (χ0n) is 13.2. The average Bonchev–Trinajstić information content (AvgIpc) is 3.40. The number of carbonyl (C=O) groups excluding carboxylic acids is 1. The van der Waals surface area contributed by atoms with Gasteiger partial charge in [0.15, 0.2) is 0 Å². The first kappa shape index (κ1) is 16.2. The molecule has 0 atom stereocenters. The number of aromatic nitrogens is 1. The minimum atomic E-state index is -3.14. The normalized spacial score (nSPS) is 20.1. The second-order valence-electron chi connectivity index (χ2n) is 5.94. The summed E-state index contributed by atoms with van der Waals surface area (Å²) in [5.74, 6) is 0.442. The van der Waals surface area contributed by atoms with E-state index in [0.717, 1.165) is 19.3 Å². The van der Waals surface area contributed by atoms with E-state index in [1.54, 1.807) is 29.7 Å². The molecule has 3 rings (SSSR count). The van der Waals surface area contributed by atoms with Crippen molar-refractivity contribution in [2.45, 2.75) is 24.5 Å². The van der Waals surface area contributed by atoms with Gasteiger partial charge in [0.25, 0.3) is 5.91 Å². The van der Waals surface area contributed by atoms with Crippen molar-refractivity contribution in [2.24, 2.45) is 0 Å². The first-order chi connectivity index (χ1) is 11.0. The predicted molar refractivity (Wildman–Crippen MR) is 88.0 cm³/mol. The summed E-state index contributed by atoms with van der Waals surface area (Å²) in [4.78, 5) is 18.4. The highest BCUT2D eigenvalue weighted by Gasteiger charge is 2.40. The Balaban J connectivity index is 1.77. The Morgan fingerprint density at radius 1 is 1.26 bits per heavy atom. The van der Waals surface area contributed by atoms with E-state index in [9.17, 15) is 13.2 Å². The molecule has 2 aliphatic rings. The monoisotopic (exact) mass is 338 g/mol. The van der Waals surface area contributed by atoms with E-state index in [2.05, 4.69) is 10.3 Å². The molecule has 0 radical (unpaired) electrons. The summed E-state index contributed by atoms with van der Waals surface area (Å²) < 4.78 is 26.4. The second kappa shape index (κ2) is 6.45. The van der Waals surface area contributed by atoms with Crippen molar-refractivity contribution in [3.8, 4) is 0 Å². The van der Waals surface area contributed by atoms with Crippen LogP contribution in [0.25, 0.3) is 0 Å². The van der Waals surface area contributed by atoms with Gasteiger partial charge in [0.2, 0.25) is 10.0 Å². The molecule has 1 saturated carbocycles. The van der Waals surface area contributed by atoms with Gasteiger partial charge in [0, 0.05) is 39.4 Å². The van der Waals surface area contributed by atoms with E-state index in [0.29, 0.717) is 37.6 Å². The van der Waals surface area contributed by atoms with Crippen LogP contribution in [0, 0.1) is 0 Å². The Morgan fingerprint density at radius 2 is 2.04 bits per heavy atom. The van der Waals surface area contributed by atoms with Crippen molar-refractivity contribution in [3.63, 3.8) is 0 Å². The van der Waals surface area contributed by atoms with Crippen LogP contribution >= 0.6 is 0 Å². The van der Waals surface area contributed by atoms with E-state index in [1.807, 2.05) is 4.90 Å². The molecular weight excluding hydrogens is 316 g/mol. The van der Waals surface area contributed by atoms with Gasteiger partial charge in [-0.25, -0.2) is 13.4 Å². The van der Waals surface area contributed by atoms with E-state index < -0.39 is 10.0 Å². The molecule has 1 aromatic rings. The largest absolute Gasteiger partial charge is 0.355 e. The van der Waals surface area contributed by atoms with Crippen LogP contribution in [0.15, 0.2) is 18.3 Å². The minimum Gasteiger partial charge on any atom is -0.355 e. The topological polar surface area (TPSA) is 82.6 Å². The summed E-state index contributed by atoms with van der Waals surface area (Å²) in [6.45, 7) is 2.23. The van der Waals surface area contributed by atoms with Gasteiger partial charge in [-0.3, -0.25) is 4.79 Å². The Kier molecular flexibility index (Phi) is 4.54. The number of nitrogens with one attached hydrogen (secondary N) is 1. The number of sulfonamides is 1. The summed E-state index contributed by atoms with van der Waals surface area (Å²) in [5.41, 5.74) is 0.522. The number of amides is 1. The summed E-state index contributed by atoms with van der Waals surface area (Å²) >= 11 is 0. The van der Waals surface area contributed by atoms with E-state index in [-0.39, 0.29) is 11.2 Å². The number of nitrogens with zero attached hydrogens (tertiary/aromatic N) is 3. The lowest BCUT2D eigenvalue weighted by Crippen LogP contribution is -2.37. The molecule has 126 valence electrons. The molecule has 2 fully saturated rings. The zero-order chi connectivity index (χ0) is 16.4. The minimum absolute atomic E-state index is 0.176. The highest BCUT2D eigenvalue weighted by molar-refractivity contribution is 7.90. The number of pyridine rings is 1. The van der Waals surface area contributed by atoms with Crippen molar-refractivity contribution in [1.29, 1.82) is 0 Å². The number of hydrogen-bond acceptors (Lipinski definition) is 5. The summed E-state index contributed by atoms with van der Waals surface area (Å²) in [6.07, 6.45) is 3.95. The second-order valence-corrected chi connectivity index (χ2v) is 8.15. The van der Waals surface area contributed by atoms with Crippen molar-refractivity contribution < 1.29 is 13.2 Å². The molecule has 1 amide bonds. The Hall–Kier alpha value is -1.67. The van der Waals surface area contributed by atoms with Gasteiger partial charge in [-0.15, -0.1) is 0 Å². The molecule has 2 heterocycles. The molecule has 0 aromatic carbocycles.